The lowest BCUT2D eigenvalue weighted by molar-refractivity contribution is 0.947. The maximum Gasteiger partial charge on any atom is 0.108 e. The van der Waals surface area contributed by atoms with Gasteiger partial charge in [-0.3, -0.25) is 0 Å². The number of halogens is 2. The Hall–Kier alpha value is -0.540. The van der Waals surface area contributed by atoms with Gasteiger partial charge in [-0.25, -0.2) is 4.98 Å². The van der Waals surface area contributed by atoms with E-state index in [9.17, 15) is 0 Å². The zero-order chi connectivity index (χ0) is 8.72. The van der Waals surface area contributed by atoms with Crippen LogP contribution in [-0.2, 0) is 7.05 Å². The first-order valence-corrected chi connectivity index (χ1v) is 4.62. The SMILES string of the molecule is Cn1cnc2c(Cl)c(Br)ccc21. The van der Waals surface area contributed by atoms with Gasteiger partial charge in [0.15, 0.2) is 0 Å². The molecule has 0 atom stereocenters. The lowest BCUT2D eigenvalue weighted by Crippen LogP contribution is -1.83. The minimum Gasteiger partial charge on any atom is -0.334 e. The molecule has 0 aliphatic rings. The van der Waals surface area contributed by atoms with Crippen molar-refractivity contribution in [2.24, 2.45) is 7.05 Å². The van der Waals surface area contributed by atoms with Crippen molar-refractivity contribution in [1.29, 1.82) is 0 Å². The molecule has 0 saturated carbocycles. The minimum absolute atomic E-state index is 0.674. The Labute approximate surface area is 83.3 Å². The highest BCUT2D eigenvalue weighted by Gasteiger charge is 2.06. The van der Waals surface area contributed by atoms with Gasteiger partial charge in [0, 0.05) is 11.5 Å². The molecule has 0 N–H and O–H groups in total. The van der Waals surface area contributed by atoms with Crippen LogP contribution in [0.1, 0.15) is 0 Å². The van der Waals surface area contributed by atoms with Gasteiger partial charge in [-0.2, -0.15) is 0 Å². The molecule has 0 spiro atoms. The maximum atomic E-state index is 6.02. The second-order valence-electron chi connectivity index (χ2n) is 2.58. The average molecular weight is 246 g/mol. The predicted octanol–water partition coefficient (Wildman–Crippen LogP) is 2.99. The van der Waals surface area contributed by atoms with Crippen molar-refractivity contribution in [2.75, 3.05) is 0 Å². The summed E-state index contributed by atoms with van der Waals surface area (Å²) in [5.41, 5.74) is 1.89. The highest BCUT2D eigenvalue weighted by Crippen LogP contribution is 2.29. The van der Waals surface area contributed by atoms with Gasteiger partial charge in [0.05, 0.1) is 16.9 Å². The van der Waals surface area contributed by atoms with Crippen molar-refractivity contribution < 1.29 is 0 Å². The summed E-state index contributed by atoms with van der Waals surface area (Å²) in [6, 6.07) is 3.91. The number of fused-ring (bicyclic) bond motifs is 1. The van der Waals surface area contributed by atoms with Crippen LogP contribution in [0.2, 0.25) is 5.02 Å². The molecule has 0 amide bonds. The van der Waals surface area contributed by atoms with Crippen LogP contribution in [-0.4, -0.2) is 9.55 Å². The van der Waals surface area contributed by atoms with Crippen molar-refractivity contribution in [2.45, 2.75) is 0 Å². The number of hydrogen-bond donors (Lipinski definition) is 0. The molecule has 0 radical (unpaired) electrons. The van der Waals surface area contributed by atoms with Crippen molar-refractivity contribution in [3.05, 3.63) is 28.0 Å². The molecule has 1 aromatic carbocycles. The molecule has 4 heteroatoms. The van der Waals surface area contributed by atoms with Crippen LogP contribution < -0.4 is 0 Å². The van der Waals surface area contributed by atoms with E-state index in [-0.39, 0.29) is 0 Å². The van der Waals surface area contributed by atoms with Gasteiger partial charge in [-0.1, -0.05) is 11.6 Å². The van der Waals surface area contributed by atoms with Gasteiger partial charge < -0.3 is 4.57 Å². The smallest absolute Gasteiger partial charge is 0.108 e. The molecular formula is C8H6BrClN2. The molecule has 62 valence electrons. The van der Waals surface area contributed by atoms with Crippen molar-refractivity contribution in [3.63, 3.8) is 0 Å². The van der Waals surface area contributed by atoms with Crippen LogP contribution in [0.3, 0.4) is 0 Å². The minimum atomic E-state index is 0.674. The number of hydrogen-bond acceptors (Lipinski definition) is 1. The molecule has 0 aliphatic heterocycles. The molecule has 0 unspecified atom stereocenters. The molecule has 12 heavy (non-hydrogen) atoms. The molecule has 0 bridgehead atoms. The first kappa shape index (κ1) is 8.08. The van der Waals surface area contributed by atoms with Crippen LogP contribution in [0.5, 0.6) is 0 Å². The number of benzene rings is 1. The third kappa shape index (κ3) is 1.04. The van der Waals surface area contributed by atoms with Gasteiger partial charge in [0.25, 0.3) is 0 Å². The van der Waals surface area contributed by atoms with Gasteiger partial charge in [-0.05, 0) is 28.1 Å². The van der Waals surface area contributed by atoms with E-state index in [2.05, 4.69) is 20.9 Å². The van der Waals surface area contributed by atoms with Gasteiger partial charge in [-0.15, -0.1) is 0 Å². The zero-order valence-corrected chi connectivity index (χ0v) is 8.72. The maximum absolute atomic E-state index is 6.02. The fourth-order valence-electron chi connectivity index (χ4n) is 1.14. The second-order valence-corrected chi connectivity index (χ2v) is 3.82. The van der Waals surface area contributed by atoms with Crippen molar-refractivity contribution >= 4 is 38.6 Å². The van der Waals surface area contributed by atoms with E-state index in [4.69, 9.17) is 11.6 Å². The lowest BCUT2D eigenvalue weighted by Gasteiger charge is -1.97. The number of nitrogens with zero attached hydrogens (tertiary/aromatic N) is 2. The first-order chi connectivity index (χ1) is 5.70. The number of aromatic nitrogens is 2. The Bertz CT molecular complexity index is 436. The Balaban J connectivity index is 2.93. The molecule has 1 heterocycles. The van der Waals surface area contributed by atoms with Gasteiger partial charge >= 0.3 is 0 Å². The monoisotopic (exact) mass is 244 g/mol. The summed E-state index contributed by atoms with van der Waals surface area (Å²) in [5.74, 6) is 0. The third-order valence-corrected chi connectivity index (χ3v) is 3.06. The quantitative estimate of drug-likeness (QED) is 0.698. The molecule has 2 aromatic rings. The Morgan fingerprint density at radius 2 is 2.25 bits per heavy atom. The first-order valence-electron chi connectivity index (χ1n) is 3.45. The molecule has 0 fully saturated rings. The Morgan fingerprint density at radius 3 is 3.00 bits per heavy atom. The highest BCUT2D eigenvalue weighted by atomic mass is 79.9. The zero-order valence-electron chi connectivity index (χ0n) is 6.38. The van der Waals surface area contributed by atoms with Crippen LogP contribution in [0.4, 0.5) is 0 Å². The van der Waals surface area contributed by atoms with E-state index in [0.29, 0.717) is 5.02 Å². The van der Waals surface area contributed by atoms with Crippen LogP contribution in [0.25, 0.3) is 11.0 Å². The Morgan fingerprint density at radius 1 is 1.50 bits per heavy atom. The third-order valence-electron chi connectivity index (χ3n) is 1.79. The molecule has 0 saturated heterocycles. The predicted molar refractivity (Wildman–Crippen MR) is 53.4 cm³/mol. The van der Waals surface area contributed by atoms with E-state index in [1.165, 1.54) is 0 Å². The molecule has 0 aliphatic carbocycles. The summed E-state index contributed by atoms with van der Waals surface area (Å²) < 4.78 is 2.82. The molecule has 1 aromatic heterocycles. The summed E-state index contributed by atoms with van der Waals surface area (Å²) in [4.78, 5) is 4.18. The fraction of sp³-hybridized carbons (Fsp3) is 0.125. The lowest BCUT2D eigenvalue weighted by atomic mass is 10.3. The molecule has 2 rings (SSSR count). The van der Waals surface area contributed by atoms with Gasteiger partial charge in [0.2, 0.25) is 0 Å². The topological polar surface area (TPSA) is 17.8 Å². The van der Waals surface area contributed by atoms with Crippen LogP contribution >= 0.6 is 27.5 Å². The second kappa shape index (κ2) is 2.75. The highest BCUT2D eigenvalue weighted by molar-refractivity contribution is 9.10. The van der Waals surface area contributed by atoms with Crippen molar-refractivity contribution in [1.82, 2.24) is 9.55 Å². The molecule has 2 nitrogen and oxygen atoms in total. The summed E-state index contributed by atoms with van der Waals surface area (Å²) in [6.45, 7) is 0. The van der Waals surface area contributed by atoms with Crippen molar-refractivity contribution in [3.8, 4) is 0 Å². The van der Waals surface area contributed by atoms with Crippen LogP contribution in [0, 0.1) is 0 Å². The fourth-order valence-corrected chi connectivity index (χ4v) is 1.67. The van der Waals surface area contributed by atoms with Gasteiger partial charge in [0.1, 0.15) is 5.52 Å². The normalized spacial score (nSPS) is 10.9. The number of rotatable bonds is 0. The number of imidazole rings is 1. The number of aryl methyl sites for hydroxylation is 1. The summed E-state index contributed by atoms with van der Waals surface area (Å²) in [7, 11) is 1.94. The summed E-state index contributed by atoms with van der Waals surface area (Å²) in [6.07, 6.45) is 1.75. The largest absolute Gasteiger partial charge is 0.334 e. The van der Waals surface area contributed by atoms with Crippen LogP contribution in [0.15, 0.2) is 22.9 Å². The molecular weight excluding hydrogens is 239 g/mol. The summed E-state index contributed by atoms with van der Waals surface area (Å²) >= 11 is 9.36. The van der Waals surface area contributed by atoms with E-state index >= 15 is 0 Å². The Kier molecular flexibility index (Phi) is 1.85. The average Bonchev–Trinajstić information content (AvgIpc) is 2.41. The summed E-state index contributed by atoms with van der Waals surface area (Å²) in [5, 5.41) is 0.674. The van der Waals surface area contributed by atoms with E-state index < -0.39 is 0 Å². The van der Waals surface area contributed by atoms with E-state index in [0.717, 1.165) is 15.5 Å². The van der Waals surface area contributed by atoms with E-state index in [1.54, 1.807) is 6.33 Å². The van der Waals surface area contributed by atoms with E-state index in [1.807, 2.05) is 23.7 Å². The standard InChI is InChI=1S/C8H6BrClN2/c1-12-4-11-8-6(12)3-2-5(9)7(8)10/h2-4H,1H3.